The fourth-order valence-electron chi connectivity index (χ4n) is 3.75. The lowest BCUT2D eigenvalue weighted by Gasteiger charge is -2.06. The van der Waals surface area contributed by atoms with Crippen molar-refractivity contribution in [1.29, 1.82) is 0 Å². The van der Waals surface area contributed by atoms with Gasteiger partial charge in [-0.15, -0.1) is 0 Å². The van der Waals surface area contributed by atoms with Crippen LogP contribution in [0, 0.1) is 13.8 Å². The molecule has 4 aromatic rings. The lowest BCUT2D eigenvalue weighted by atomic mass is 10.1. The van der Waals surface area contributed by atoms with Gasteiger partial charge in [0, 0.05) is 29.1 Å². The number of fused-ring (bicyclic) bond motifs is 1. The number of rotatable bonds is 5. The summed E-state index contributed by atoms with van der Waals surface area (Å²) in [6.45, 7) is 6.88. The molecule has 0 fully saturated rings. The second kappa shape index (κ2) is 7.47. The SMILES string of the molecule is CCn1c(-c2cc(NC(=O)c3cc(C)cc(C)c3)n[nH]2)cc2cc(OC)ccc21. The van der Waals surface area contributed by atoms with Crippen molar-refractivity contribution in [3.8, 4) is 17.1 Å². The van der Waals surface area contributed by atoms with E-state index in [0.717, 1.165) is 45.7 Å². The van der Waals surface area contributed by atoms with Gasteiger partial charge >= 0.3 is 0 Å². The van der Waals surface area contributed by atoms with E-state index in [-0.39, 0.29) is 5.91 Å². The highest BCUT2D eigenvalue weighted by Gasteiger charge is 2.14. The van der Waals surface area contributed by atoms with Gasteiger partial charge < -0.3 is 14.6 Å². The Morgan fingerprint density at radius 2 is 1.86 bits per heavy atom. The second-order valence-corrected chi connectivity index (χ2v) is 7.20. The molecule has 0 aliphatic rings. The number of amides is 1. The van der Waals surface area contributed by atoms with E-state index >= 15 is 0 Å². The van der Waals surface area contributed by atoms with E-state index < -0.39 is 0 Å². The van der Waals surface area contributed by atoms with Crippen LogP contribution in [0.25, 0.3) is 22.3 Å². The molecule has 0 bridgehead atoms. The predicted molar refractivity (Wildman–Crippen MR) is 116 cm³/mol. The zero-order chi connectivity index (χ0) is 20.5. The largest absolute Gasteiger partial charge is 0.497 e. The first-order chi connectivity index (χ1) is 14.0. The van der Waals surface area contributed by atoms with Crippen molar-refractivity contribution in [3.05, 3.63) is 65.2 Å². The van der Waals surface area contributed by atoms with E-state index in [1.165, 1.54) is 0 Å². The summed E-state index contributed by atoms with van der Waals surface area (Å²) < 4.78 is 7.55. The number of carbonyl (C=O) groups excluding carboxylic acids is 1. The van der Waals surface area contributed by atoms with Gasteiger partial charge in [-0.3, -0.25) is 9.89 Å². The van der Waals surface area contributed by atoms with Gasteiger partial charge in [-0.05, 0) is 57.2 Å². The van der Waals surface area contributed by atoms with Crippen molar-refractivity contribution in [1.82, 2.24) is 14.8 Å². The summed E-state index contributed by atoms with van der Waals surface area (Å²) in [6, 6.07) is 15.8. The molecule has 6 heteroatoms. The number of benzene rings is 2. The number of hydrogen-bond donors (Lipinski definition) is 2. The summed E-state index contributed by atoms with van der Waals surface area (Å²) in [5, 5.41) is 11.3. The average Bonchev–Trinajstić information content (AvgIpc) is 3.30. The Morgan fingerprint density at radius 1 is 1.10 bits per heavy atom. The van der Waals surface area contributed by atoms with E-state index in [9.17, 15) is 4.79 Å². The van der Waals surface area contributed by atoms with Crippen LogP contribution in [-0.2, 0) is 6.54 Å². The molecule has 2 aromatic carbocycles. The van der Waals surface area contributed by atoms with Gasteiger partial charge in [-0.2, -0.15) is 5.10 Å². The molecule has 0 saturated heterocycles. The maximum Gasteiger partial charge on any atom is 0.256 e. The Kier molecular flexibility index (Phi) is 4.84. The van der Waals surface area contributed by atoms with E-state index in [4.69, 9.17) is 4.74 Å². The Hall–Kier alpha value is -3.54. The maximum absolute atomic E-state index is 12.6. The number of carbonyl (C=O) groups is 1. The molecule has 148 valence electrons. The molecule has 2 heterocycles. The smallest absolute Gasteiger partial charge is 0.256 e. The zero-order valence-corrected chi connectivity index (χ0v) is 17.0. The van der Waals surface area contributed by atoms with Gasteiger partial charge in [0.15, 0.2) is 5.82 Å². The first kappa shape index (κ1) is 18.8. The number of aromatic amines is 1. The van der Waals surface area contributed by atoms with Crippen molar-refractivity contribution in [2.24, 2.45) is 0 Å². The zero-order valence-electron chi connectivity index (χ0n) is 17.0. The molecule has 2 aromatic heterocycles. The average molecular weight is 388 g/mol. The number of aryl methyl sites for hydroxylation is 3. The summed E-state index contributed by atoms with van der Waals surface area (Å²) in [4.78, 5) is 12.6. The van der Waals surface area contributed by atoms with Gasteiger partial charge in [-0.1, -0.05) is 17.2 Å². The van der Waals surface area contributed by atoms with Gasteiger partial charge in [0.2, 0.25) is 0 Å². The molecule has 0 saturated carbocycles. The van der Waals surface area contributed by atoms with Crippen LogP contribution in [0.15, 0.2) is 48.5 Å². The molecule has 0 radical (unpaired) electrons. The quantitative estimate of drug-likeness (QED) is 0.509. The van der Waals surface area contributed by atoms with Gasteiger partial charge in [-0.25, -0.2) is 0 Å². The Bertz CT molecular complexity index is 1180. The number of nitrogens with one attached hydrogen (secondary N) is 2. The standard InChI is InChI=1S/C23H24N4O2/c1-5-27-20-7-6-18(29-4)11-16(20)12-21(27)19-13-22(26-25-19)24-23(28)17-9-14(2)8-15(3)10-17/h6-13H,5H2,1-4H3,(H2,24,25,26,28). The monoisotopic (exact) mass is 388 g/mol. The van der Waals surface area contributed by atoms with E-state index in [0.29, 0.717) is 11.4 Å². The molecule has 4 rings (SSSR count). The Morgan fingerprint density at radius 3 is 2.55 bits per heavy atom. The third kappa shape index (κ3) is 3.61. The van der Waals surface area contributed by atoms with Crippen molar-refractivity contribution in [3.63, 3.8) is 0 Å². The molecule has 2 N–H and O–H groups in total. The summed E-state index contributed by atoms with van der Waals surface area (Å²) >= 11 is 0. The van der Waals surface area contributed by atoms with Crippen LogP contribution in [0.2, 0.25) is 0 Å². The molecular formula is C23H24N4O2. The molecular weight excluding hydrogens is 364 g/mol. The van der Waals surface area contributed by atoms with Crippen LogP contribution >= 0.6 is 0 Å². The van der Waals surface area contributed by atoms with Crippen molar-refractivity contribution >= 4 is 22.6 Å². The minimum Gasteiger partial charge on any atom is -0.497 e. The highest BCUT2D eigenvalue weighted by Crippen LogP contribution is 2.30. The van der Waals surface area contributed by atoms with Crippen LogP contribution in [0.4, 0.5) is 5.82 Å². The van der Waals surface area contributed by atoms with E-state index in [1.54, 1.807) is 7.11 Å². The van der Waals surface area contributed by atoms with E-state index in [2.05, 4.69) is 39.1 Å². The van der Waals surface area contributed by atoms with Crippen LogP contribution < -0.4 is 10.1 Å². The molecule has 0 aliphatic carbocycles. The molecule has 1 amide bonds. The summed E-state index contributed by atoms with van der Waals surface area (Å²) in [5.74, 6) is 1.15. The predicted octanol–water partition coefficient (Wildman–Crippen LogP) is 4.93. The summed E-state index contributed by atoms with van der Waals surface area (Å²) in [5.41, 5.74) is 5.72. The number of hydrogen-bond acceptors (Lipinski definition) is 3. The molecule has 29 heavy (non-hydrogen) atoms. The summed E-state index contributed by atoms with van der Waals surface area (Å²) in [6.07, 6.45) is 0. The van der Waals surface area contributed by atoms with Crippen molar-refractivity contribution in [2.75, 3.05) is 12.4 Å². The minimum atomic E-state index is -0.171. The first-order valence-corrected chi connectivity index (χ1v) is 9.61. The Labute approximate surface area is 169 Å². The molecule has 6 nitrogen and oxygen atoms in total. The van der Waals surface area contributed by atoms with Gasteiger partial charge in [0.05, 0.1) is 18.5 Å². The van der Waals surface area contributed by atoms with Crippen molar-refractivity contribution in [2.45, 2.75) is 27.3 Å². The number of methoxy groups -OCH3 is 1. The van der Waals surface area contributed by atoms with Gasteiger partial charge in [0.1, 0.15) is 5.75 Å². The second-order valence-electron chi connectivity index (χ2n) is 7.20. The molecule has 0 aliphatic heterocycles. The third-order valence-corrected chi connectivity index (χ3v) is 5.00. The first-order valence-electron chi connectivity index (χ1n) is 9.61. The lowest BCUT2D eigenvalue weighted by molar-refractivity contribution is 0.102. The number of aromatic nitrogens is 3. The highest BCUT2D eigenvalue weighted by atomic mass is 16.5. The fraction of sp³-hybridized carbons (Fsp3) is 0.217. The third-order valence-electron chi connectivity index (χ3n) is 5.00. The number of H-pyrrole nitrogens is 1. The number of ether oxygens (including phenoxy) is 1. The highest BCUT2D eigenvalue weighted by molar-refractivity contribution is 6.04. The molecule has 0 spiro atoms. The topological polar surface area (TPSA) is 71.9 Å². The van der Waals surface area contributed by atoms with Crippen LogP contribution in [0.3, 0.4) is 0 Å². The number of anilines is 1. The lowest BCUT2D eigenvalue weighted by Crippen LogP contribution is -2.12. The Balaban J connectivity index is 1.64. The number of nitrogens with zero attached hydrogens (tertiary/aromatic N) is 2. The van der Waals surface area contributed by atoms with Crippen LogP contribution in [0.5, 0.6) is 5.75 Å². The fourth-order valence-corrected chi connectivity index (χ4v) is 3.75. The van der Waals surface area contributed by atoms with Crippen LogP contribution in [-0.4, -0.2) is 27.8 Å². The van der Waals surface area contributed by atoms with Gasteiger partial charge in [0.25, 0.3) is 5.91 Å². The molecule has 0 atom stereocenters. The minimum absolute atomic E-state index is 0.171. The van der Waals surface area contributed by atoms with Crippen LogP contribution in [0.1, 0.15) is 28.4 Å². The maximum atomic E-state index is 12.6. The molecule has 0 unspecified atom stereocenters. The van der Waals surface area contributed by atoms with Crippen molar-refractivity contribution < 1.29 is 9.53 Å². The normalized spacial score (nSPS) is 11.0. The summed E-state index contributed by atoms with van der Waals surface area (Å²) in [7, 11) is 1.67. The van der Waals surface area contributed by atoms with E-state index in [1.807, 2.05) is 50.2 Å².